The summed E-state index contributed by atoms with van der Waals surface area (Å²) < 4.78 is 33.2. The predicted octanol–water partition coefficient (Wildman–Crippen LogP) is 2.00. The van der Waals surface area contributed by atoms with Gasteiger partial charge >= 0.3 is 0 Å². The first-order chi connectivity index (χ1) is 8.57. The van der Waals surface area contributed by atoms with E-state index in [2.05, 4.69) is 0 Å². The van der Waals surface area contributed by atoms with Crippen LogP contribution in [0.25, 0.3) is 0 Å². The molecule has 0 aromatic carbocycles. The number of hydrogen-bond donors (Lipinski definition) is 0. The molecule has 1 unspecified atom stereocenters. The molecule has 0 N–H and O–H groups in total. The summed E-state index contributed by atoms with van der Waals surface area (Å²) in [6, 6.07) is 3.50. The Balaban J connectivity index is 2.21. The molecule has 1 aliphatic heterocycles. The van der Waals surface area contributed by atoms with Crippen LogP contribution < -0.4 is 0 Å². The summed E-state index contributed by atoms with van der Waals surface area (Å²) in [6.07, 6.45) is 4.11. The molecule has 1 aromatic rings. The summed E-state index contributed by atoms with van der Waals surface area (Å²) in [7, 11) is -1.73. The summed E-state index contributed by atoms with van der Waals surface area (Å²) >= 11 is 0. The summed E-state index contributed by atoms with van der Waals surface area (Å²) in [5, 5.41) is 0. The van der Waals surface area contributed by atoms with Gasteiger partial charge in [-0.25, -0.2) is 0 Å². The molecule has 5 nitrogen and oxygen atoms in total. The Bertz CT molecular complexity index is 470. The maximum absolute atomic E-state index is 12.4. The lowest BCUT2D eigenvalue weighted by Gasteiger charge is -2.27. The second-order valence-corrected chi connectivity index (χ2v) is 6.60. The molecule has 1 saturated heterocycles. The molecule has 18 heavy (non-hydrogen) atoms. The lowest BCUT2D eigenvalue weighted by Crippen LogP contribution is -2.41. The van der Waals surface area contributed by atoms with Crippen LogP contribution in [0.2, 0.25) is 0 Å². The first-order valence-corrected chi connectivity index (χ1v) is 7.73. The molecule has 0 bridgehead atoms. The molecule has 1 aromatic heterocycles. The van der Waals surface area contributed by atoms with E-state index < -0.39 is 10.2 Å². The molecular weight excluding hydrogens is 252 g/mol. The highest BCUT2D eigenvalue weighted by Crippen LogP contribution is 2.35. The van der Waals surface area contributed by atoms with Crippen molar-refractivity contribution in [1.82, 2.24) is 8.61 Å². The van der Waals surface area contributed by atoms with Crippen molar-refractivity contribution in [2.45, 2.75) is 32.2 Å². The zero-order valence-electron chi connectivity index (χ0n) is 10.9. The first-order valence-electron chi connectivity index (χ1n) is 6.34. The summed E-state index contributed by atoms with van der Waals surface area (Å²) in [5.74, 6) is 0.737. The normalized spacial score (nSPS) is 21.8. The van der Waals surface area contributed by atoms with Gasteiger partial charge in [0, 0.05) is 20.1 Å². The molecule has 102 valence electrons. The minimum Gasteiger partial charge on any atom is -0.468 e. The van der Waals surface area contributed by atoms with E-state index in [1.165, 1.54) is 4.31 Å². The van der Waals surface area contributed by atoms with Crippen molar-refractivity contribution in [3.63, 3.8) is 0 Å². The van der Waals surface area contributed by atoms with E-state index >= 15 is 0 Å². The third kappa shape index (κ3) is 2.46. The highest BCUT2D eigenvalue weighted by molar-refractivity contribution is 7.86. The van der Waals surface area contributed by atoms with Crippen LogP contribution in [0.3, 0.4) is 0 Å². The topological polar surface area (TPSA) is 53.8 Å². The van der Waals surface area contributed by atoms with Crippen LogP contribution in [0.15, 0.2) is 22.8 Å². The van der Waals surface area contributed by atoms with E-state index in [1.54, 1.807) is 23.7 Å². The molecule has 0 radical (unpaired) electrons. The van der Waals surface area contributed by atoms with Crippen molar-refractivity contribution in [1.29, 1.82) is 0 Å². The molecule has 0 aliphatic carbocycles. The van der Waals surface area contributed by atoms with Crippen molar-refractivity contribution in [2.75, 3.05) is 20.1 Å². The van der Waals surface area contributed by atoms with E-state index in [0.717, 1.165) is 25.0 Å². The number of hydrogen-bond acceptors (Lipinski definition) is 3. The van der Waals surface area contributed by atoms with Crippen molar-refractivity contribution in [3.8, 4) is 0 Å². The predicted molar refractivity (Wildman–Crippen MR) is 69.2 cm³/mol. The SMILES string of the molecule is CCCN(C)S(=O)(=O)N1CCCC1c1ccco1. The summed E-state index contributed by atoms with van der Waals surface area (Å²) in [6.45, 7) is 3.09. The van der Waals surface area contributed by atoms with Gasteiger partial charge in [0.25, 0.3) is 10.2 Å². The molecule has 0 spiro atoms. The highest BCUT2D eigenvalue weighted by Gasteiger charge is 2.38. The zero-order valence-corrected chi connectivity index (χ0v) is 11.7. The standard InChI is InChI=1S/C12H20N2O3S/c1-3-8-13(2)18(15,16)14-9-4-6-11(14)12-7-5-10-17-12/h5,7,10-11H,3-4,6,8-9H2,1-2H3. The lowest BCUT2D eigenvalue weighted by molar-refractivity contribution is 0.313. The second kappa shape index (κ2) is 5.42. The lowest BCUT2D eigenvalue weighted by atomic mass is 10.2. The van der Waals surface area contributed by atoms with E-state index in [-0.39, 0.29) is 6.04 Å². The molecular formula is C12H20N2O3S. The van der Waals surface area contributed by atoms with Crippen molar-refractivity contribution in [2.24, 2.45) is 0 Å². The molecule has 2 rings (SSSR count). The van der Waals surface area contributed by atoms with Crippen molar-refractivity contribution < 1.29 is 12.8 Å². The number of furan rings is 1. The minimum atomic E-state index is -3.37. The number of nitrogens with zero attached hydrogens (tertiary/aromatic N) is 2. The van der Waals surface area contributed by atoms with Gasteiger partial charge in [-0.15, -0.1) is 0 Å². The fourth-order valence-electron chi connectivity index (χ4n) is 2.39. The molecule has 2 heterocycles. The van der Waals surface area contributed by atoms with Crippen molar-refractivity contribution >= 4 is 10.2 Å². The Labute approximate surface area is 109 Å². The van der Waals surface area contributed by atoms with Gasteiger partial charge in [0.2, 0.25) is 0 Å². The van der Waals surface area contributed by atoms with E-state index in [9.17, 15) is 8.42 Å². The Morgan fingerprint density at radius 2 is 2.33 bits per heavy atom. The summed E-state index contributed by atoms with van der Waals surface area (Å²) in [4.78, 5) is 0. The van der Waals surface area contributed by atoms with Crippen LogP contribution in [-0.4, -0.2) is 37.2 Å². The third-order valence-electron chi connectivity index (χ3n) is 3.30. The fourth-order valence-corrected chi connectivity index (χ4v) is 4.05. The van der Waals surface area contributed by atoms with E-state index in [4.69, 9.17) is 4.42 Å². The van der Waals surface area contributed by atoms with Gasteiger partial charge in [0.15, 0.2) is 0 Å². The number of rotatable bonds is 5. The van der Waals surface area contributed by atoms with Crippen LogP contribution in [0.5, 0.6) is 0 Å². The second-order valence-electron chi connectivity index (χ2n) is 4.61. The molecule has 0 saturated carbocycles. The van der Waals surface area contributed by atoms with Crippen LogP contribution in [0, 0.1) is 0 Å². The Hall–Kier alpha value is -0.850. The Kier molecular flexibility index (Phi) is 4.09. The molecule has 1 aliphatic rings. The smallest absolute Gasteiger partial charge is 0.282 e. The van der Waals surface area contributed by atoms with Crippen molar-refractivity contribution in [3.05, 3.63) is 24.2 Å². The van der Waals surface area contributed by atoms with Gasteiger partial charge in [-0.2, -0.15) is 17.0 Å². The van der Waals surface area contributed by atoms with E-state index in [1.807, 2.05) is 13.0 Å². The minimum absolute atomic E-state index is 0.149. The average molecular weight is 272 g/mol. The maximum atomic E-state index is 12.4. The highest BCUT2D eigenvalue weighted by atomic mass is 32.2. The third-order valence-corrected chi connectivity index (χ3v) is 5.30. The molecule has 1 fully saturated rings. The summed E-state index contributed by atoms with van der Waals surface area (Å²) in [5.41, 5.74) is 0. The Morgan fingerprint density at radius 3 is 2.94 bits per heavy atom. The van der Waals surface area contributed by atoms with Crippen LogP contribution >= 0.6 is 0 Å². The van der Waals surface area contributed by atoms with Crippen LogP contribution in [0.1, 0.15) is 38.0 Å². The molecule has 6 heteroatoms. The average Bonchev–Trinajstić information content (AvgIpc) is 2.99. The van der Waals surface area contributed by atoms with Crippen LogP contribution in [0.4, 0.5) is 0 Å². The fraction of sp³-hybridized carbons (Fsp3) is 0.667. The van der Waals surface area contributed by atoms with Gasteiger partial charge < -0.3 is 4.42 Å². The maximum Gasteiger partial charge on any atom is 0.282 e. The van der Waals surface area contributed by atoms with Gasteiger partial charge in [-0.1, -0.05) is 6.92 Å². The van der Waals surface area contributed by atoms with Gasteiger partial charge in [0.1, 0.15) is 5.76 Å². The van der Waals surface area contributed by atoms with Gasteiger partial charge in [-0.3, -0.25) is 0 Å². The Morgan fingerprint density at radius 1 is 1.56 bits per heavy atom. The van der Waals surface area contributed by atoms with Gasteiger partial charge in [0.05, 0.1) is 12.3 Å². The van der Waals surface area contributed by atoms with E-state index in [0.29, 0.717) is 13.1 Å². The van der Waals surface area contributed by atoms with Gasteiger partial charge in [-0.05, 0) is 31.4 Å². The first kappa shape index (κ1) is 13.6. The monoisotopic (exact) mass is 272 g/mol. The quantitative estimate of drug-likeness (QED) is 0.824. The van der Waals surface area contributed by atoms with Crippen LogP contribution in [-0.2, 0) is 10.2 Å². The largest absolute Gasteiger partial charge is 0.468 e. The molecule has 0 amide bonds. The molecule has 1 atom stereocenters. The zero-order chi connectivity index (χ0) is 13.2.